The predicted octanol–water partition coefficient (Wildman–Crippen LogP) is 4.01. The minimum Gasteiger partial charge on any atom is -0.485 e. The van der Waals surface area contributed by atoms with Gasteiger partial charge in [0.05, 0.1) is 6.04 Å². The van der Waals surface area contributed by atoms with Crippen LogP contribution in [-0.2, 0) is 6.42 Å². The second kappa shape index (κ2) is 6.81. The lowest BCUT2D eigenvalue weighted by molar-refractivity contribution is -0.0628. The summed E-state index contributed by atoms with van der Waals surface area (Å²) in [4.78, 5) is 12.7. The molecule has 3 rings (SSSR count). The van der Waals surface area contributed by atoms with Crippen LogP contribution in [0.5, 0.6) is 5.75 Å². The van der Waals surface area contributed by atoms with Crippen LogP contribution >= 0.6 is 15.9 Å². The molecule has 2 aromatic carbocycles. The summed E-state index contributed by atoms with van der Waals surface area (Å²) < 4.78 is 6.87. The zero-order chi connectivity index (χ0) is 18.2. The summed E-state index contributed by atoms with van der Waals surface area (Å²) in [5.74, 6) is 0.482. The third kappa shape index (κ3) is 3.58. The van der Waals surface area contributed by atoms with E-state index in [1.807, 2.05) is 44.2 Å². The molecular formula is C20H22BrNO3. The number of carbonyl (C=O) groups excluding carboxylic acids is 1. The van der Waals surface area contributed by atoms with Crippen LogP contribution in [-0.4, -0.2) is 22.7 Å². The van der Waals surface area contributed by atoms with Gasteiger partial charge in [0.25, 0.3) is 5.91 Å². The van der Waals surface area contributed by atoms with E-state index < -0.39 is 17.7 Å². The Morgan fingerprint density at radius 3 is 2.56 bits per heavy atom. The Morgan fingerprint density at radius 2 is 1.92 bits per heavy atom. The summed E-state index contributed by atoms with van der Waals surface area (Å²) in [5, 5.41) is 13.8. The van der Waals surface area contributed by atoms with Crippen LogP contribution < -0.4 is 10.1 Å². The summed E-state index contributed by atoms with van der Waals surface area (Å²) in [7, 11) is 0. The molecule has 25 heavy (non-hydrogen) atoms. The smallest absolute Gasteiger partial charge is 0.251 e. The van der Waals surface area contributed by atoms with E-state index in [0.29, 0.717) is 11.3 Å². The maximum atomic E-state index is 12.7. The van der Waals surface area contributed by atoms with Crippen molar-refractivity contribution in [3.63, 3.8) is 0 Å². The van der Waals surface area contributed by atoms with Gasteiger partial charge in [-0.15, -0.1) is 0 Å². The third-order valence-electron chi connectivity index (χ3n) is 4.61. The van der Waals surface area contributed by atoms with E-state index in [9.17, 15) is 9.90 Å². The monoisotopic (exact) mass is 403 g/mol. The van der Waals surface area contributed by atoms with E-state index in [2.05, 4.69) is 28.2 Å². The summed E-state index contributed by atoms with van der Waals surface area (Å²) in [6.45, 7) is 5.72. The van der Waals surface area contributed by atoms with Gasteiger partial charge in [0.2, 0.25) is 0 Å². The number of hydrogen-bond donors (Lipinski definition) is 2. The molecule has 132 valence electrons. The van der Waals surface area contributed by atoms with Gasteiger partial charge in [-0.2, -0.15) is 0 Å². The maximum Gasteiger partial charge on any atom is 0.251 e. The van der Waals surface area contributed by atoms with Gasteiger partial charge in [-0.05, 0) is 62.2 Å². The zero-order valence-electron chi connectivity index (χ0n) is 14.5. The molecule has 1 amide bonds. The largest absolute Gasteiger partial charge is 0.485 e. The number of ether oxygens (including phenoxy) is 1. The first-order valence-corrected chi connectivity index (χ1v) is 9.17. The highest BCUT2D eigenvalue weighted by molar-refractivity contribution is 9.10. The average Bonchev–Trinajstić information content (AvgIpc) is 2.59. The molecule has 5 heteroatoms. The lowest BCUT2D eigenvalue weighted by Gasteiger charge is -2.42. The fraction of sp³-hybridized carbons (Fsp3) is 0.350. The molecule has 0 spiro atoms. The number of carbonyl (C=O) groups is 1. The van der Waals surface area contributed by atoms with Gasteiger partial charge in [-0.3, -0.25) is 4.79 Å². The summed E-state index contributed by atoms with van der Waals surface area (Å²) >= 11 is 3.37. The molecule has 2 N–H and O–H groups in total. The second-order valence-electron chi connectivity index (χ2n) is 6.83. The van der Waals surface area contributed by atoms with Gasteiger partial charge in [0.1, 0.15) is 17.5 Å². The summed E-state index contributed by atoms with van der Waals surface area (Å²) in [6, 6.07) is 12.5. The molecule has 0 fully saturated rings. The first-order valence-electron chi connectivity index (χ1n) is 8.38. The Labute approximate surface area is 156 Å². The third-order valence-corrected chi connectivity index (χ3v) is 5.14. The minimum absolute atomic E-state index is 0.220. The molecule has 0 saturated heterocycles. The van der Waals surface area contributed by atoms with Crippen molar-refractivity contribution in [2.75, 3.05) is 0 Å². The molecule has 0 radical (unpaired) electrons. The van der Waals surface area contributed by atoms with Crippen LogP contribution in [0.4, 0.5) is 0 Å². The van der Waals surface area contributed by atoms with Crippen LogP contribution in [0.1, 0.15) is 48.3 Å². The number of aliphatic hydroxyl groups excluding tert-OH is 1. The zero-order valence-corrected chi connectivity index (χ0v) is 16.1. The summed E-state index contributed by atoms with van der Waals surface area (Å²) in [6.07, 6.45) is 0.0201. The van der Waals surface area contributed by atoms with E-state index in [-0.39, 0.29) is 5.91 Å². The van der Waals surface area contributed by atoms with Gasteiger partial charge in [-0.25, -0.2) is 0 Å². The molecular weight excluding hydrogens is 382 g/mol. The molecule has 0 aromatic heterocycles. The highest BCUT2D eigenvalue weighted by Gasteiger charge is 2.43. The normalized spacial score (nSPS) is 21.2. The van der Waals surface area contributed by atoms with Crippen molar-refractivity contribution in [1.82, 2.24) is 5.32 Å². The van der Waals surface area contributed by atoms with Crippen LogP contribution in [0.2, 0.25) is 0 Å². The predicted molar refractivity (Wildman–Crippen MR) is 101 cm³/mol. The number of halogens is 1. The molecule has 0 unspecified atom stereocenters. The van der Waals surface area contributed by atoms with Gasteiger partial charge in [-0.1, -0.05) is 28.9 Å². The second-order valence-corrected chi connectivity index (χ2v) is 7.75. The van der Waals surface area contributed by atoms with Gasteiger partial charge in [0, 0.05) is 15.6 Å². The Kier molecular flexibility index (Phi) is 4.89. The fourth-order valence-corrected chi connectivity index (χ4v) is 3.32. The molecule has 1 heterocycles. The number of rotatable bonds is 3. The minimum atomic E-state index is -0.855. The van der Waals surface area contributed by atoms with Crippen molar-refractivity contribution in [2.45, 2.75) is 44.9 Å². The molecule has 2 atom stereocenters. The molecule has 0 saturated carbocycles. The molecule has 2 aromatic rings. The van der Waals surface area contributed by atoms with Crippen molar-refractivity contribution in [3.05, 3.63) is 63.6 Å². The summed E-state index contributed by atoms with van der Waals surface area (Å²) in [5.41, 5.74) is 1.71. The van der Waals surface area contributed by atoms with Crippen LogP contribution in [0.25, 0.3) is 0 Å². The number of benzene rings is 2. The number of aryl methyl sites for hydroxylation is 1. The highest BCUT2D eigenvalue weighted by atomic mass is 79.9. The topological polar surface area (TPSA) is 58.6 Å². The van der Waals surface area contributed by atoms with E-state index in [0.717, 1.165) is 22.0 Å². The van der Waals surface area contributed by atoms with Crippen LogP contribution in [0.15, 0.2) is 46.9 Å². The molecule has 1 aliphatic heterocycles. The Hall–Kier alpha value is -1.85. The first-order chi connectivity index (χ1) is 11.8. The van der Waals surface area contributed by atoms with Crippen molar-refractivity contribution >= 4 is 21.8 Å². The SMILES string of the molecule is CCc1ccc2c(c1)[C@H](NC(=O)c1ccc(Br)cc1)[C@@H](O)C(C)(C)O2. The Morgan fingerprint density at radius 1 is 1.24 bits per heavy atom. The van der Waals surface area contributed by atoms with Gasteiger partial charge in [0.15, 0.2) is 0 Å². The quantitative estimate of drug-likeness (QED) is 0.813. The standard InChI is InChI=1S/C20H22BrNO3/c1-4-12-5-10-16-15(11-12)17(18(23)20(2,3)25-16)22-19(24)13-6-8-14(21)9-7-13/h5-11,17-18,23H,4H2,1-3H3,(H,22,24)/t17-,18+/m0/s1. The van der Waals surface area contributed by atoms with Gasteiger partial charge < -0.3 is 15.2 Å². The number of nitrogens with one attached hydrogen (secondary N) is 1. The van der Waals surface area contributed by atoms with Crippen molar-refractivity contribution in [1.29, 1.82) is 0 Å². The molecule has 0 bridgehead atoms. The molecule has 1 aliphatic rings. The van der Waals surface area contributed by atoms with Gasteiger partial charge >= 0.3 is 0 Å². The maximum absolute atomic E-state index is 12.7. The van der Waals surface area contributed by atoms with E-state index >= 15 is 0 Å². The fourth-order valence-electron chi connectivity index (χ4n) is 3.05. The first kappa shape index (κ1) is 18.0. The lowest BCUT2D eigenvalue weighted by atomic mass is 9.85. The number of aliphatic hydroxyl groups is 1. The average molecular weight is 404 g/mol. The van der Waals surface area contributed by atoms with E-state index in [1.165, 1.54) is 0 Å². The number of amides is 1. The van der Waals surface area contributed by atoms with Crippen molar-refractivity contribution < 1.29 is 14.6 Å². The molecule has 0 aliphatic carbocycles. The van der Waals surface area contributed by atoms with Crippen molar-refractivity contribution in [3.8, 4) is 5.75 Å². The number of fused-ring (bicyclic) bond motifs is 1. The Bertz CT molecular complexity index is 786. The Balaban J connectivity index is 1.95. The lowest BCUT2D eigenvalue weighted by Crippen LogP contribution is -2.53. The molecule has 4 nitrogen and oxygen atoms in total. The van der Waals surface area contributed by atoms with Crippen molar-refractivity contribution in [2.24, 2.45) is 0 Å². The van der Waals surface area contributed by atoms with E-state index in [4.69, 9.17) is 4.74 Å². The van der Waals surface area contributed by atoms with Crippen LogP contribution in [0.3, 0.4) is 0 Å². The van der Waals surface area contributed by atoms with Crippen LogP contribution in [0, 0.1) is 0 Å². The highest BCUT2D eigenvalue weighted by Crippen LogP contribution is 2.40. The van der Waals surface area contributed by atoms with E-state index in [1.54, 1.807) is 12.1 Å². The number of hydrogen-bond acceptors (Lipinski definition) is 3.